The Balaban J connectivity index is 1.90. The van der Waals surface area contributed by atoms with Crippen LogP contribution in [0.25, 0.3) is 10.9 Å². The first-order valence-electron chi connectivity index (χ1n) is 7.86. The summed E-state index contributed by atoms with van der Waals surface area (Å²) in [6.45, 7) is -0.568. The van der Waals surface area contributed by atoms with E-state index in [0.717, 1.165) is 16.8 Å². The van der Waals surface area contributed by atoms with Crippen molar-refractivity contribution in [1.82, 2.24) is 15.0 Å². The average molecular weight is 386 g/mol. The Hall–Kier alpha value is -4.02. The summed E-state index contributed by atoms with van der Waals surface area (Å²) >= 11 is 0. The molecule has 0 saturated carbocycles. The van der Waals surface area contributed by atoms with Gasteiger partial charge in [-0.2, -0.15) is 4.68 Å². The summed E-state index contributed by atoms with van der Waals surface area (Å²) in [5.41, 5.74) is -1.00. The predicted molar refractivity (Wildman–Crippen MR) is 95.4 cm³/mol. The van der Waals surface area contributed by atoms with E-state index in [1.54, 1.807) is 24.3 Å². The van der Waals surface area contributed by atoms with Crippen molar-refractivity contribution in [2.75, 3.05) is 14.2 Å². The van der Waals surface area contributed by atoms with E-state index in [4.69, 9.17) is 14.2 Å². The average Bonchev–Trinajstić information content (AvgIpc) is 2.72. The van der Waals surface area contributed by atoms with Crippen LogP contribution in [0.3, 0.4) is 0 Å². The van der Waals surface area contributed by atoms with Crippen molar-refractivity contribution in [1.29, 1.82) is 0 Å². The topological polar surface area (TPSA) is 136 Å². The molecule has 28 heavy (non-hydrogen) atoms. The lowest BCUT2D eigenvalue weighted by molar-refractivity contribution is -0.385. The van der Waals surface area contributed by atoms with Crippen molar-refractivity contribution in [2.45, 2.75) is 6.73 Å². The summed E-state index contributed by atoms with van der Waals surface area (Å²) in [5, 5.41) is 19.1. The maximum atomic E-state index is 12.4. The Labute approximate surface area is 157 Å². The molecule has 0 fully saturated rings. The zero-order valence-corrected chi connectivity index (χ0v) is 14.8. The third-order valence-corrected chi connectivity index (χ3v) is 3.87. The molecule has 2 aromatic carbocycles. The van der Waals surface area contributed by atoms with Crippen LogP contribution in [0.2, 0.25) is 0 Å². The maximum absolute atomic E-state index is 12.4. The zero-order chi connectivity index (χ0) is 20.3. The minimum absolute atomic E-state index is 0.0855. The van der Waals surface area contributed by atoms with Crippen LogP contribution in [0.4, 0.5) is 5.69 Å². The molecule has 3 rings (SSSR count). The van der Waals surface area contributed by atoms with Gasteiger partial charge in [0.05, 0.1) is 30.6 Å². The molecule has 0 bridgehead atoms. The van der Waals surface area contributed by atoms with E-state index in [9.17, 15) is 19.7 Å². The summed E-state index contributed by atoms with van der Waals surface area (Å²) in [6, 6.07) is 8.73. The van der Waals surface area contributed by atoms with Crippen LogP contribution in [0.1, 0.15) is 10.4 Å². The van der Waals surface area contributed by atoms with Crippen LogP contribution in [-0.4, -0.2) is 40.1 Å². The van der Waals surface area contributed by atoms with Crippen molar-refractivity contribution in [2.24, 2.45) is 0 Å². The summed E-state index contributed by atoms with van der Waals surface area (Å²) in [4.78, 5) is 35.3. The molecule has 0 atom stereocenters. The Morgan fingerprint density at radius 3 is 2.54 bits per heavy atom. The lowest BCUT2D eigenvalue weighted by Gasteiger charge is -2.11. The van der Waals surface area contributed by atoms with E-state index in [0.29, 0.717) is 10.9 Å². The number of hydrogen-bond donors (Lipinski definition) is 0. The number of carbonyl (C=O) groups is 1. The van der Waals surface area contributed by atoms with Crippen molar-refractivity contribution < 1.29 is 23.9 Å². The van der Waals surface area contributed by atoms with Crippen LogP contribution in [-0.2, 0) is 11.5 Å². The van der Waals surface area contributed by atoms with Crippen molar-refractivity contribution in [3.63, 3.8) is 0 Å². The first kappa shape index (κ1) is 18.8. The van der Waals surface area contributed by atoms with E-state index in [2.05, 4.69) is 10.3 Å². The number of ether oxygens (including phenoxy) is 3. The van der Waals surface area contributed by atoms with Crippen LogP contribution < -0.4 is 15.0 Å². The third kappa shape index (κ3) is 3.45. The summed E-state index contributed by atoms with van der Waals surface area (Å²) < 4.78 is 15.9. The number of carbonyl (C=O) groups excluding carboxylic acids is 1. The fourth-order valence-corrected chi connectivity index (χ4v) is 2.49. The monoisotopic (exact) mass is 386 g/mol. The molecule has 0 saturated heterocycles. The molecule has 0 aliphatic rings. The predicted octanol–water partition coefficient (Wildman–Crippen LogP) is 1.53. The number of rotatable bonds is 6. The fourth-order valence-electron chi connectivity index (χ4n) is 2.49. The second-order valence-corrected chi connectivity index (χ2v) is 5.45. The minimum atomic E-state index is -1.03. The van der Waals surface area contributed by atoms with E-state index in [-0.39, 0.29) is 17.1 Å². The zero-order valence-electron chi connectivity index (χ0n) is 14.8. The molecular weight excluding hydrogens is 372 g/mol. The summed E-state index contributed by atoms with van der Waals surface area (Å²) in [7, 11) is 2.63. The molecule has 0 N–H and O–H groups in total. The Morgan fingerprint density at radius 1 is 1.18 bits per heavy atom. The standard InChI is InChI=1S/C17H14N4O7/c1-26-14-7-11(13(21(24)25)8-15(14)27-2)17(23)28-9-20-16(22)10-5-3-4-6-12(10)18-19-20/h3-8H,9H2,1-2H3. The molecule has 0 radical (unpaired) electrons. The maximum Gasteiger partial charge on any atom is 0.347 e. The molecule has 0 unspecified atom stereocenters. The van der Waals surface area contributed by atoms with E-state index < -0.39 is 28.9 Å². The number of nitrogens with zero attached hydrogens (tertiary/aromatic N) is 4. The second-order valence-electron chi connectivity index (χ2n) is 5.45. The lowest BCUT2D eigenvalue weighted by atomic mass is 10.1. The Morgan fingerprint density at radius 2 is 1.86 bits per heavy atom. The quantitative estimate of drug-likeness (QED) is 0.351. The van der Waals surface area contributed by atoms with Gasteiger partial charge in [-0.25, -0.2) is 4.79 Å². The van der Waals surface area contributed by atoms with Gasteiger partial charge in [-0.3, -0.25) is 14.9 Å². The first-order valence-corrected chi connectivity index (χ1v) is 7.86. The second kappa shape index (κ2) is 7.70. The van der Waals surface area contributed by atoms with Gasteiger partial charge in [-0.1, -0.05) is 17.3 Å². The number of hydrogen-bond acceptors (Lipinski definition) is 9. The van der Waals surface area contributed by atoms with Crippen molar-refractivity contribution in [3.8, 4) is 11.5 Å². The number of benzene rings is 2. The Bertz CT molecular complexity index is 1130. The van der Waals surface area contributed by atoms with Gasteiger partial charge in [-0.05, 0) is 12.1 Å². The molecule has 3 aromatic rings. The highest BCUT2D eigenvalue weighted by molar-refractivity contribution is 5.95. The van der Waals surface area contributed by atoms with Crippen LogP contribution in [0, 0.1) is 10.1 Å². The van der Waals surface area contributed by atoms with Crippen molar-refractivity contribution in [3.05, 3.63) is 62.4 Å². The van der Waals surface area contributed by atoms with Gasteiger partial charge in [0.15, 0.2) is 18.2 Å². The van der Waals surface area contributed by atoms with Crippen LogP contribution in [0.5, 0.6) is 11.5 Å². The number of aromatic nitrogens is 3. The number of nitro groups is 1. The minimum Gasteiger partial charge on any atom is -0.493 e. The van der Waals surface area contributed by atoms with E-state index >= 15 is 0 Å². The van der Waals surface area contributed by atoms with Gasteiger partial charge in [-0.15, -0.1) is 5.10 Å². The summed E-state index contributed by atoms with van der Waals surface area (Å²) in [6.07, 6.45) is 0. The molecule has 0 spiro atoms. The molecule has 144 valence electrons. The number of fused-ring (bicyclic) bond motifs is 1. The molecular formula is C17H14N4O7. The summed E-state index contributed by atoms with van der Waals surface area (Å²) in [5.74, 6) is -0.834. The van der Waals surface area contributed by atoms with E-state index in [1.807, 2.05) is 0 Å². The van der Waals surface area contributed by atoms with Crippen LogP contribution >= 0.6 is 0 Å². The molecule has 1 aromatic heterocycles. The largest absolute Gasteiger partial charge is 0.493 e. The third-order valence-electron chi connectivity index (χ3n) is 3.87. The fraction of sp³-hybridized carbons (Fsp3) is 0.176. The highest BCUT2D eigenvalue weighted by atomic mass is 16.6. The van der Waals surface area contributed by atoms with Crippen molar-refractivity contribution >= 4 is 22.6 Å². The van der Waals surface area contributed by atoms with Gasteiger partial charge in [0.1, 0.15) is 11.1 Å². The lowest BCUT2D eigenvalue weighted by Crippen LogP contribution is -2.26. The highest BCUT2D eigenvalue weighted by Crippen LogP contribution is 2.34. The number of methoxy groups -OCH3 is 2. The van der Waals surface area contributed by atoms with Gasteiger partial charge in [0.25, 0.3) is 11.2 Å². The number of esters is 1. The van der Waals surface area contributed by atoms with E-state index in [1.165, 1.54) is 14.2 Å². The SMILES string of the molecule is COc1cc(C(=O)OCn2nnc3ccccc3c2=O)c([N+](=O)[O-])cc1OC. The molecule has 0 amide bonds. The van der Waals surface area contributed by atoms with Gasteiger partial charge in [0, 0.05) is 6.07 Å². The normalized spacial score (nSPS) is 10.5. The number of nitro benzene ring substituents is 1. The molecule has 11 heteroatoms. The first-order chi connectivity index (χ1) is 13.5. The highest BCUT2D eigenvalue weighted by Gasteiger charge is 2.26. The smallest absolute Gasteiger partial charge is 0.347 e. The van der Waals surface area contributed by atoms with Gasteiger partial charge < -0.3 is 14.2 Å². The molecule has 0 aliphatic heterocycles. The molecule has 11 nitrogen and oxygen atoms in total. The Kier molecular flexibility index (Phi) is 5.16. The van der Waals surface area contributed by atoms with Gasteiger partial charge in [0.2, 0.25) is 0 Å². The molecule has 1 heterocycles. The van der Waals surface area contributed by atoms with Gasteiger partial charge >= 0.3 is 5.97 Å². The molecule has 0 aliphatic carbocycles. The van der Waals surface area contributed by atoms with Crippen LogP contribution in [0.15, 0.2) is 41.2 Å².